The number of amides is 3. The molecule has 0 aliphatic carbocycles. The van der Waals surface area contributed by atoms with Crippen molar-refractivity contribution in [3.63, 3.8) is 0 Å². The molecule has 0 bridgehead atoms. The molecule has 1 aromatic rings. The topological polar surface area (TPSA) is 79.0 Å². The van der Waals surface area contributed by atoms with Crippen LogP contribution in [0.3, 0.4) is 0 Å². The summed E-state index contributed by atoms with van der Waals surface area (Å²) >= 11 is 0. The van der Waals surface area contributed by atoms with Crippen LogP contribution in [0.5, 0.6) is 0 Å². The number of likely N-dealkylation sites (tertiary alicyclic amines) is 1. The molecule has 28 heavy (non-hydrogen) atoms. The Morgan fingerprint density at radius 2 is 1.93 bits per heavy atom. The number of anilines is 1. The Labute approximate surface area is 167 Å². The summed E-state index contributed by atoms with van der Waals surface area (Å²) in [5, 5.41) is 2.97. The molecule has 1 unspecified atom stereocenters. The summed E-state index contributed by atoms with van der Waals surface area (Å²) in [5.41, 5.74) is 0.614. The third-order valence-corrected chi connectivity index (χ3v) is 4.50. The number of hydrogen-bond donors (Lipinski definition) is 1. The summed E-state index contributed by atoms with van der Waals surface area (Å²) in [6.07, 6.45) is 0.316. The maximum atomic E-state index is 12.6. The number of carbonyl (C=O) groups is 3. The van der Waals surface area contributed by atoms with Crippen LogP contribution < -0.4 is 10.2 Å². The zero-order valence-electron chi connectivity index (χ0n) is 17.6. The van der Waals surface area contributed by atoms with Crippen LogP contribution in [-0.2, 0) is 9.53 Å². The lowest BCUT2D eigenvalue weighted by Crippen LogP contribution is -2.40. The second kappa shape index (κ2) is 8.63. The summed E-state index contributed by atoms with van der Waals surface area (Å²) in [4.78, 5) is 40.1. The average molecular weight is 389 g/mol. The van der Waals surface area contributed by atoms with E-state index in [0.29, 0.717) is 30.8 Å². The molecule has 0 saturated carbocycles. The number of rotatable bonds is 4. The van der Waals surface area contributed by atoms with Crippen molar-refractivity contribution in [3.05, 3.63) is 29.8 Å². The minimum atomic E-state index is -0.543. The summed E-state index contributed by atoms with van der Waals surface area (Å²) < 4.78 is 5.38. The lowest BCUT2D eigenvalue weighted by molar-refractivity contribution is -0.121. The van der Waals surface area contributed by atoms with Crippen molar-refractivity contribution in [1.82, 2.24) is 10.2 Å². The number of nitrogens with zero attached hydrogens (tertiary/aromatic N) is 2. The Hall–Kier alpha value is -2.57. The van der Waals surface area contributed by atoms with E-state index >= 15 is 0 Å². The van der Waals surface area contributed by atoms with Crippen LogP contribution in [0.15, 0.2) is 24.3 Å². The predicted octanol–water partition coefficient (Wildman–Crippen LogP) is 3.04. The standard InChI is InChI=1S/C21H31N3O4/c1-14(2)19(26)23(6)17-9-7-8-15(12-17)18(25)22-16-10-11-24(13-16)20(27)28-21(3,4)5/h7-9,12,14,16H,10-11,13H2,1-6H3,(H,22,25). The van der Waals surface area contributed by atoms with Crippen molar-refractivity contribution < 1.29 is 19.1 Å². The molecule has 154 valence electrons. The molecule has 1 fully saturated rings. The van der Waals surface area contributed by atoms with Gasteiger partial charge in [0.2, 0.25) is 5.91 Å². The SMILES string of the molecule is CC(C)C(=O)N(C)c1cccc(C(=O)NC2CCN(C(=O)OC(C)(C)C)C2)c1. The van der Waals surface area contributed by atoms with Gasteiger partial charge >= 0.3 is 6.09 Å². The van der Waals surface area contributed by atoms with E-state index in [2.05, 4.69) is 5.32 Å². The van der Waals surface area contributed by atoms with Crippen LogP contribution >= 0.6 is 0 Å². The quantitative estimate of drug-likeness (QED) is 0.858. The fraction of sp³-hybridized carbons (Fsp3) is 0.571. The zero-order valence-corrected chi connectivity index (χ0v) is 17.6. The van der Waals surface area contributed by atoms with Gasteiger partial charge in [0.25, 0.3) is 5.91 Å². The molecule has 1 N–H and O–H groups in total. The molecule has 1 aromatic carbocycles. The van der Waals surface area contributed by atoms with Crippen molar-refractivity contribution in [2.75, 3.05) is 25.0 Å². The van der Waals surface area contributed by atoms with Gasteiger partial charge in [0.05, 0.1) is 0 Å². The van der Waals surface area contributed by atoms with Crippen molar-refractivity contribution in [3.8, 4) is 0 Å². The summed E-state index contributed by atoms with van der Waals surface area (Å²) in [7, 11) is 1.70. The van der Waals surface area contributed by atoms with Crippen LogP contribution in [0.2, 0.25) is 0 Å². The summed E-state index contributed by atoms with van der Waals surface area (Å²) in [5.74, 6) is -0.357. The first kappa shape index (κ1) is 21.7. The van der Waals surface area contributed by atoms with Crippen LogP contribution in [0, 0.1) is 5.92 Å². The molecule has 7 heteroatoms. The Morgan fingerprint density at radius 3 is 2.54 bits per heavy atom. The Bertz CT molecular complexity index is 739. The van der Waals surface area contributed by atoms with Crippen LogP contribution in [-0.4, -0.2) is 54.6 Å². The molecule has 1 saturated heterocycles. The van der Waals surface area contributed by atoms with E-state index < -0.39 is 5.60 Å². The molecule has 0 aromatic heterocycles. The largest absolute Gasteiger partial charge is 0.444 e. The molecule has 0 spiro atoms. The van der Waals surface area contributed by atoms with E-state index in [-0.39, 0.29) is 29.9 Å². The zero-order chi connectivity index (χ0) is 21.1. The monoisotopic (exact) mass is 389 g/mol. The van der Waals surface area contributed by atoms with Crippen molar-refractivity contribution in [2.45, 2.75) is 52.7 Å². The fourth-order valence-electron chi connectivity index (χ4n) is 3.01. The van der Waals surface area contributed by atoms with E-state index in [1.807, 2.05) is 34.6 Å². The summed E-state index contributed by atoms with van der Waals surface area (Å²) in [6.45, 7) is 10.1. The average Bonchev–Trinajstić information content (AvgIpc) is 3.07. The minimum Gasteiger partial charge on any atom is -0.444 e. The molecule has 1 atom stereocenters. The van der Waals surface area contributed by atoms with Gasteiger partial charge in [-0.1, -0.05) is 19.9 Å². The van der Waals surface area contributed by atoms with Gasteiger partial charge in [-0.05, 0) is 45.4 Å². The van der Waals surface area contributed by atoms with Crippen molar-refractivity contribution in [2.24, 2.45) is 5.92 Å². The number of benzene rings is 1. The maximum Gasteiger partial charge on any atom is 0.410 e. The molecule has 1 heterocycles. The molecule has 1 aliphatic rings. The molecule has 1 aliphatic heterocycles. The third kappa shape index (κ3) is 5.71. The highest BCUT2D eigenvalue weighted by Crippen LogP contribution is 2.19. The summed E-state index contributed by atoms with van der Waals surface area (Å²) in [6, 6.07) is 6.86. The van der Waals surface area contributed by atoms with E-state index in [0.717, 1.165) is 0 Å². The van der Waals surface area contributed by atoms with Crippen LogP contribution in [0.25, 0.3) is 0 Å². The molecule has 7 nitrogen and oxygen atoms in total. The van der Waals surface area contributed by atoms with E-state index in [1.54, 1.807) is 41.1 Å². The number of hydrogen-bond acceptors (Lipinski definition) is 4. The van der Waals surface area contributed by atoms with Crippen molar-refractivity contribution in [1.29, 1.82) is 0 Å². The second-order valence-corrected chi connectivity index (χ2v) is 8.49. The number of carbonyl (C=O) groups excluding carboxylic acids is 3. The third-order valence-electron chi connectivity index (χ3n) is 4.50. The first-order valence-corrected chi connectivity index (χ1v) is 9.64. The van der Waals surface area contributed by atoms with Gasteiger partial charge in [0.15, 0.2) is 0 Å². The first-order chi connectivity index (χ1) is 13.0. The van der Waals surface area contributed by atoms with Gasteiger partial charge in [0, 0.05) is 43.3 Å². The molecular weight excluding hydrogens is 358 g/mol. The van der Waals surface area contributed by atoms with E-state index in [4.69, 9.17) is 4.74 Å². The molecule has 3 amide bonds. The van der Waals surface area contributed by atoms with Gasteiger partial charge in [-0.3, -0.25) is 9.59 Å². The highest BCUT2D eigenvalue weighted by molar-refractivity contribution is 5.98. The van der Waals surface area contributed by atoms with E-state index in [1.165, 1.54) is 0 Å². The minimum absolute atomic E-state index is 0.0126. The van der Waals surface area contributed by atoms with Gasteiger partial charge < -0.3 is 19.9 Å². The molecule has 2 rings (SSSR count). The van der Waals surface area contributed by atoms with Crippen molar-refractivity contribution >= 4 is 23.6 Å². The lowest BCUT2D eigenvalue weighted by atomic mass is 10.1. The van der Waals surface area contributed by atoms with Gasteiger partial charge in [0.1, 0.15) is 5.60 Å². The number of ether oxygens (including phenoxy) is 1. The van der Waals surface area contributed by atoms with Crippen LogP contribution in [0.4, 0.5) is 10.5 Å². The second-order valence-electron chi connectivity index (χ2n) is 8.49. The highest BCUT2D eigenvalue weighted by Gasteiger charge is 2.30. The van der Waals surface area contributed by atoms with E-state index in [9.17, 15) is 14.4 Å². The molecular formula is C21H31N3O4. The number of nitrogens with one attached hydrogen (secondary N) is 1. The van der Waals surface area contributed by atoms with Gasteiger partial charge in [-0.2, -0.15) is 0 Å². The molecule has 0 radical (unpaired) electrons. The normalized spacial score (nSPS) is 16.8. The van der Waals surface area contributed by atoms with Gasteiger partial charge in [-0.25, -0.2) is 4.79 Å². The van der Waals surface area contributed by atoms with Gasteiger partial charge in [-0.15, -0.1) is 0 Å². The Balaban J connectivity index is 1.98. The maximum absolute atomic E-state index is 12.6. The lowest BCUT2D eigenvalue weighted by Gasteiger charge is -2.24. The Morgan fingerprint density at radius 1 is 1.25 bits per heavy atom. The smallest absolute Gasteiger partial charge is 0.410 e. The fourth-order valence-corrected chi connectivity index (χ4v) is 3.01. The first-order valence-electron chi connectivity index (χ1n) is 9.64. The Kier molecular flexibility index (Phi) is 6.69. The van der Waals surface area contributed by atoms with Crippen LogP contribution in [0.1, 0.15) is 51.4 Å². The highest BCUT2D eigenvalue weighted by atomic mass is 16.6. The predicted molar refractivity (Wildman–Crippen MR) is 108 cm³/mol.